The zero-order valence-corrected chi connectivity index (χ0v) is 19.1. The molecule has 0 unspecified atom stereocenters. The lowest BCUT2D eigenvalue weighted by Gasteiger charge is -2.37. The van der Waals surface area contributed by atoms with Crippen molar-refractivity contribution in [3.05, 3.63) is 101 Å². The normalized spacial score (nSPS) is 15.3. The van der Waals surface area contributed by atoms with Crippen LogP contribution in [0.1, 0.15) is 29.7 Å². The van der Waals surface area contributed by atoms with E-state index < -0.39 is 0 Å². The van der Waals surface area contributed by atoms with Gasteiger partial charge < -0.3 is 14.8 Å². The van der Waals surface area contributed by atoms with Crippen LogP contribution < -0.4 is 10.1 Å². The molecule has 0 atom stereocenters. The van der Waals surface area contributed by atoms with E-state index in [0.717, 1.165) is 29.8 Å². The maximum atomic E-state index is 12.5. The maximum Gasteiger partial charge on any atom is 0.244 e. The Morgan fingerprint density at radius 1 is 1.06 bits per heavy atom. The van der Waals surface area contributed by atoms with Gasteiger partial charge in [-0.05, 0) is 66.4 Å². The number of ether oxygens (including phenoxy) is 2. The summed E-state index contributed by atoms with van der Waals surface area (Å²) < 4.78 is 11.3. The number of carbonyl (C=O) groups is 1. The van der Waals surface area contributed by atoms with Crippen molar-refractivity contribution in [2.24, 2.45) is 0 Å². The lowest BCUT2D eigenvalue weighted by atomic mass is 9.74. The average Bonchev–Trinajstić information content (AvgIpc) is 2.87. The zero-order chi connectivity index (χ0) is 22.9. The Hall–Kier alpha value is -3.15. The highest BCUT2D eigenvalue weighted by Gasteiger charge is 2.34. The molecule has 0 radical (unpaired) electrons. The van der Waals surface area contributed by atoms with Gasteiger partial charge in [0.2, 0.25) is 5.91 Å². The number of carbonyl (C=O) groups excluding carboxylic acids is 1. The van der Waals surface area contributed by atoms with Gasteiger partial charge in [-0.25, -0.2) is 0 Å². The Morgan fingerprint density at radius 3 is 2.52 bits per heavy atom. The Balaban J connectivity index is 1.32. The predicted octanol–water partition coefficient (Wildman–Crippen LogP) is 5.19. The summed E-state index contributed by atoms with van der Waals surface area (Å²) in [5.74, 6) is 0.636. The van der Waals surface area contributed by atoms with Gasteiger partial charge in [0, 0.05) is 42.5 Å². The molecule has 4 rings (SSSR count). The fourth-order valence-electron chi connectivity index (χ4n) is 3.94. The molecular formula is C27H27ClN2O3. The van der Waals surface area contributed by atoms with Gasteiger partial charge in [0.25, 0.3) is 0 Å². The number of rotatable bonds is 8. The molecule has 3 aromatic rings. The third-order valence-electron chi connectivity index (χ3n) is 5.93. The van der Waals surface area contributed by atoms with Crippen molar-refractivity contribution in [2.45, 2.75) is 24.9 Å². The van der Waals surface area contributed by atoms with E-state index in [1.807, 2.05) is 66.7 Å². The number of nitrogens with zero attached hydrogens (tertiary/aromatic N) is 1. The van der Waals surface area contributed by atoms with Crippen LogP contribution in [-0.2, 0) is 21.6 Å². The summed E-state index contributed by atoms with van der Waals surface area (Å²) in [5, 5.41) is 3.79. The Labute approximate surface area is 199 Å². The molecule has 33 heavy (non-hydrogen) atoms. The first kappa shape index (κ1) is 23.0. The van der Waals surface area contributed by atoms with Crippen LogP contribution in [-0.4, -0.2) is 30.6 Å². The molecule has 5 nitrogen and oxygen atoms in total. The van der Waals surface area contributed by atoms with Gasteiger partial charge in [-0.1, -0.05) is 41.9 Å². The Bertz CT molecular complexity index is 1060. The molecule has 1 N–H and O–H groups in total. The highest BCUT2D eigenvalue weighted by atomic mass is 35.5. The van der Waals surface area contributed by atoms with E-state index >= 15 is 0 Å². The van der Waals surface area contributed by atoms with E-state index in [1.165, 1.54) is 5.56 Å². The van der Waals surface area contributed by atoms with E-state index in [9.17, 15) is 4.79 Å². The van der Waals surface area contributed by atoms with Gasteiger partial charge in [-0.3, -0.25) is 9.78 Å². The highest BCUT2D eigenvalue weighted by Crippen LogP contribution is 2.34. The molecule has 1 saturated heterocycles. The standard InChI is InChI=1S/C27H27ClN2O3/c28-23-9-7-22(8-10-23)27(14-17-32-18-15-27)20-30-26(31)13-6-21-4-11-25(12-5-21)33-19-24-3-1-2-16-29-24/h1-13,16H,14-15,17-20H2,(H,30,31)/b13-6+. The quantitative estimate of drug-likeness (QED) is 0.468. The number of hydrogen-bond acceptors (Lipinski definition) is 4. The van der Waals surface area contributed by atoms with Crippen molar-refractivity contribution in [1.82, 2.24) is 10.3 Å². The van der Waals surface area contributed by atoms with Gasteiger partial charge in [-0.2, -0.15) is 0 Å². The fraction of sp³-hybridized carbons (Fsp3) is 0.259. The summed E-state index contributed by atoms with van der Waals surface area (Å²) in [4.78, 5) is 16.8. The molecule has 1 aromatic heterocycles. The first-order chi connectivity index (χ1) is 16.1. The minimum absolute atomic E-state index is 0.120. The Kier molecular flexibility index (Phi) is 7.76. The molecule has 0 spiro atoms. The summed E-state index contributed by atoms with van der Waals surface area (Å²) >= 11 is 6.06. The number of halogens is 1. The van der Waals surface area contributed by atoms with Gasteiger partial charge in [0.05, 0.1) is 5.69 Å². The van der Waals surface area contributed by atoms with E-state index in [-0.39, 0.29) is 11.3 Å². The lowest BCUT2D eigenvalue weighted by Crippen LogP contribution is -2.44. The minimum Gasteiger partial charge on any atom is -0.487 e. The first-order valence-electron chi connectivity index (χ1n) is 11.1. The van der Waals surface area contributed by atoms with Gasteiger partial charge in [0.1, 0.15) is 12.4 Å². The smallest absolute Gasteiger partial charge is 0.244 e. The van der Waals surface area contributed by atoms with Gasteiger partial charge in [0.15, 0.2) is 0 Å². The number of aromatic nitrogens is 1. The number of amides is 1. The van der Waals surface area contributed by atoms with E-state index in [2.05, 4.69) is 10.3 Å². The third kappa shape index (κ3) is 6.44. The van der Waals surface area contributed by atoms with E-state index in [4.69, 9.17) is 21.1 Å². The van der Waals surface area contributed by atoms with E-state index in [1.54, 1.807) is 18.3 Å². The van der Waals surface area contributed by atoms with Gasteiger partial charge in [-0.15, -0.1) is 0 Å². The van der Waals surface area contributed by atoms with Crippen molar-refractivity contribution in [3.8, 4) is 5.75 Å². The van der Waals surface area contributed by atoms with E-state index in [0.29, 0.717) is 31.4 Å². The molecule has 2 aromatic carbocycles. The molecule has 2 heterocycles. The second-order valence-electron chi connectivity index (χ2n) is 8.13. The third-order valence-corrected chi connectivity index (χ3v) is 6.18. The summed E-state index contributed by atoms with van der Waals surface area (Å²) in [7, 11) is 0. The number of nitrogens with one attached hydrogen (secondary N) is 1. The van der Waals surface area contributed by atoms with Crippen LogP contribution in [0, 0.1) is 0 Å². The number of hydrogen-bond donors (Lipinski definition) is 1. The second-order valence-corrected chi connectivity index (χ2v) is 8.57. The Morgan fingerprint density at radius 2 is 1.82 bits per heavy atom. The lowest BCUT2D eigenvalue weighted by molar-refractivity contribution is -0.116. The van der Waals surface area contributed by atoms with Crippen molar-refractivity contribution in [2.75, 3.05) is 19.8 Å². The molecule has 1 aliphatic rings. The summed E-state index contributed by atoms with van der Waals surface area (Å²) in [6.07, 6.45) is 6.84. The summed E-state index contributed by atoms with van der Waals surface area (Å²) in [6, 6.07) is 21.3. The van der Waals surface area contributed by atoms with Crippen LogP contribution >= 0.6 is 11.6 Å². The van der Waals surface area contributed by atoms with Gasteiger partial charge >= 0.3 is 0 Å². The summed E-state index contributed by atoms with van der Waals surface area (Å²) in [5.41, 5.74) is 2.84. The highest BCUT2D eigenvalue weighted by molar-refractivity contribution is 6.30. The number of benzene rings is 2. The second kappa shape index (κ2) is 11.1. The molecule has 0 bridgehead atoms. The molecule has 1 fully saturated rings. The van der Waals surface area contributed by atoms with Crippen LogP contribution in [0.4, 0.5) is 0 Å². The molecule has 0 aliphatic carbocycles. The van der Waals surface area contributed by atoms with Crippen LogP contribution in [0.2, 0.25) is 5.02 Å². The monoisotopic (exact) mass is 462 g/mol. The summed E-state index contributed by atoms with van der Waals surface area (Å²) in [6.45, 7) is 2.34. The molecule has 170 valence electrons. The molecule has 0 saturated carbocycles. The fourth-order valence-corrected chi connectivity index (χ4v) is 4.06. The van der Waals surface area contributed by atoms with Crippen LogP contribution in [0.3, 0.4) is 0 Å². The van der Waals surface area contributed by atoms with Crippen LogP contribution in [0.15, 0.2) is 79.0 Å². The molecule has 1 amide bonds. The molecular weight excluding hydrogens is 436 g/mol. The topological polar surface area (TPSA) is 60.5 Å². The van der Waals surface area contributed by atoms with Crippen molar-refractivity contribution in [3.63, 3.8) is 0 Å². The van der Waals surface area contributed by atoms with Crippen LogP contribution in [0.5, 0.6) is 5.75 Å². The molecule has 6 heteroatoms. The largest absolute Gasteiger partial charge is 0.487 e. The number of pyridine rings is 1. The molecule has 1 aliphatic heterocycles. The minimum atomic E-state index is -0.140. The van der Waals surface area contributed by atoms with Crippen LogP contribution in [0.25, 0.3) is 6.08 Å². The van der Waals surface area contributed by atoms with Crippen molar-refractivity contribution in [1.29, 1.82) is 0 Å². The predicted molar refractivity (Wildman–Crippen MR) is 130 cm³/mol. The maximum absolute atomic E-state index is 12.5. The van der Waals surface area contributed by atoms with Crippen molar-refractivity contribution >= 4 is 23.6 Å². The SMILES string of the molecule is O=C(/C=C/c1ccc(OCc2ccccn2)cc1)NCC1(c2ccc(Cl)cc2)CCOCC1. The zero-order valence-electron chi connectivity index (χ0n) is 18.4. The van der Waals surface area contributed by atoms with Crippen molar-refractivity contribution < 1.29 is 14.3 Å². The average molecular weight is 463 g/mol. The first-order valence-corrected chi connectivity index (χ1v) is 11.4.